The molecule has 0 saturated carbocycles. The first kappa shape index (κ1) is 17.1. The normalized spacial score (nSPS) is 14.2. The van der Waals surface area contributed by atoms with Crippen molar-refractivity contribution in [2.24, 2.45) is 0 Å². The molecule has 1 rings (SSSR count). The van der Waals surface area contributed by atoms with Crippen LogP contribution in [0.4, 0.5) is 23.7 Å². The fraction of sp³-hybridized carbons (Fsp3) is 0.462. The van der Waals surface area contributed by atoms with Crippen molar-refractivity contribution < 1.29 is 27.8 Å². The molecule has 0 fully saturated rings. The second kappa shape index (κ2) is 6.66. The Kier molecular flexibility index (Phi) is 5.42. The first-order valence-corrected chi connectivity index (χ1v) is 6.23. The largest absolute Gasteiger partial charge is 0.573 e. The van der Waals surface area contributed by atoms with Gasteiger partial charge in [-0.1, -0.05) is 13.0 Å². The molecule has 0 heterocycles. The summed E-state index contributed by atoms with van der Waals surface area (Å²) < 4.78 is 40.1. The zero-order chi connectivity index (χ0) is 16.1. The lowest BCUT2D eigenvalue weighted by molar-refractivity contribution is -0.274. The van der Waals surface area contributed by atoms with Crippen molar-refractivity contribution in [3.63, 3.8) is 0 Å². The minimum Gasteiger partial charge on any atom is -0.406 e. The van der Waals surface area contributed by atoms with E-state index in [4.69, 9.17) is 0 Å². The van der Waals surface area contributed by atoms with Gasteiger partial charge in [0, 0.05) is 11.8 Å². The molecule has 0 aliphatic heterocycles. The Labute approximate surface area is 120 Å². The Bertz CT molecular complexity index is 488. The number of halogens is 3. The maximum atomic E-state index is 12.1. The fourth-order valence-corrected chi connectivity index (χ4v) is 1.45. The van der Waals surface area contributed by atoms with Gasteiger partial charge in [0.1, 0.15) is 5.75 Å². The van der Waals surface area contributed by atoms with Crippen LogP contribution in [0, 0.1) is 0 Å². The molecule has 0 radical (unpaired) electrons. The number of carbonyl (C=O) groups excluding carboxylic acids is 1. The van der Waals surface area contributed by atoms with E-state index in [1.54, 1.807) is 13.8 Å². The SMILES string of the molecule is CCC(C)(CO)NC(=O)Nc1cccc(OC(F)(F)F)c1. The van der Waals surface area contributed by atoms with Crippen molar-refractivity contribution in [1.82, 2.24) is 5.32 Å². The predicted octanol–water partition coefficient (Wildman–Crippen LogP) is 2.87. The summed E-state index contributed by atoms with van der Waals surface area (Å²) in [6, 6.07) is 4.29. The molecule has 0 aromatic heterocycles. The highest BCUT2D eigenvalue weighted by atomic mass is 19.4. The number of carbonyl (C=O) groups is 1. The number of alkyl halides is 3. The number of aliphatic hydroxyl groups excluding tert-OH is 1. The van der Waals surface area contributed by atoms with Crippen molar-refractivity contribution in [2.45, 2.75) is 32.2 Å². The molecule has 21 heavy (non-hydrogen) atoms. The fourth-order valence-electron chi connectivity index (χ4n) is 1.45. The van der Waals surface area contributed by atoms with Gasteiger partial charge in [-0.05, 0) is 25.5 Å². The molecule has 0 aliphatic rings. The smallest absolute Gasteiger partial charge is 0.406 e. The van der Waals surface area contributed by atoms with Crippen LogP contribution in [0.1, 0.15) is 20.3 Å². The maximum absolute atomic E-state index is 12.1. The van der Waals surface area contributed by atoms with E-state index >= 15 is 0 Å². The average molecular weight is 306 g/mol. The van der Waals surface area contributed by atoms with Crippen molar-refractivity contribution >= 4 is 11.7 Å². The van der Waals surface area contributed by atoms with Gasteiger partial charge < -0.3 is 20.5 Å². The molecule has 0 spiro atoms. The second-order valence-electron chi connectivity index (χ2n) is 4.73. The molecule has 5 nitrogen and oxygen atoms in total. The predicted molar refractivity (Wildman–Crippen MR) is 71.1 cm³/mol. The van der Waals surface area contributed by atoms with Gasteiger partial charge in [0.2, 0.25) is 0 Å². The van der Waals surface area contributed by atoms with E-state index in [0.717, 1.165) is 12.1 Å². The lowest BCUT2D eigenvalue weighted by atomic mass is 10.0. The van der Waals surface area contributed by atoms with Crippen LogP contribution in [-0.4, -0.2) is 29.6 Å². The number of amides is 2. The monoisotopic (exact) mass is 306 g/mol. The van der Waals surface area contributed by atoms with Gasteiger partial charge in [-0.15, -0.1) is 13.2 Å². The number of hydrogen-bond acceptors (Lipinski definition) is 3. The minimum absolute atomic E-state index is 0.144. The molecule has 2 amide bonds. The Morgan fingerprint density at radius 2 is 2.05 bits per heavy atom. The molecule has 1 unspecified atom stereocenters. The molecule has 0 saturated heterocycles. The zero-order valence-corrected chi connectivity index (χ0v) is 11.6. The summed E-state index contributed by atoms with van der Waals surface area (Å²) in [6.07, 6.45) is -4.30. The van der Waals surface area contributed by atoms with E-state index in [2.05, 4.69) is 15.4 Å². The molecular formula is C13H17F3N2O3. The molecule has 8 heteroatoms. The number of nitrogens with one attached hydrogen (secondary N) is 2. The van der Waals surface area contributed by atoms with E-state index in [1.165, 1.54) is 12.1 Å². The molecule has 3 N–H and O–H groups in total. The van der Waals surface area contributed by atoms with Gasteiger partial charge in [0.05, 0.1) is 12.1 Å². The lowest BCUT2D eigenvalue weighted by Gasteiger charge is -2.27. The Hall–Kier alpha value is -1.96. The summed E-state index contributed by atoms with van der Waals surface area (Å²) in [6.45, 7) is 3.18. The van der Waals surface area contributed by atoms with Crippen LogP contribution in [0.5, 0.6) is 5.75 Å². The van der Waals surface area contributed by atoms with Crippen molar-refractivity contribution in [3.8, 4) is 5.75 Å². The van der Waals surface area contributed by atoms with Crippen molar-refractivity contribution in [3.05, 3.63) is 24.3 Å². The number of urea groups is 1. The Balaban J connectivity index is 2.71. The number of benzene rings is 1. The van der Waals surface area contributed by atoms with Crippen LogP contribution in [0.2, 0.25) is 0 Å². The molecular weight excluding hydrogens is 289 g/mol. The maximum Gasteiger partial charge on any atom is 0.573 e. The first-order chi connectivity index (χ1) is 9.67. The van der Waals surface area contributed by atoms with E-state index in [9.17, 15) is 23.1 Å². The minimum atomic E-state index is -4.79. The van der Waals surface area contributed by atoms with E-state index in [1.807, 2.05) is 0 Å². The molecule has 118 valence electrons. The number of aliphatic hydroxyl groups is 1. The number of hydrogen-bond donors (Lipinski definition) is 3. The highest BCUT2D eigenvalue weighted by Crippen LogP contribution is 2.25. The van der Waals surface area contributed by atoms with Crippen LogP contribution in [0.25, 0.3) is 0 Å². The molecule has 0 aliphatic carbocycles. The van der Waals surface area contributed by atoms with Crippen molar-refractivity contribution in [2.75, 3.05) is 11.9 Å². The molecule has 0 bridgehead atoms. The van der Waals surface area contributed by atoms with Crippen LogP contribution in [0.15, 0.2) is 24.3 Å². The highest BCUT2D eigenvalue weighted by Gasteiger charge is 2.31. The van der Waals surface area contributed by atoms with Gasteiger partial charge in [-0.3, -0.25) is 0 Å². The Morgan fingerprint density at radius 3 is 2.57 bits per heavy atom. The summed E-state index contributed by atoms with van der Waals surface area (Å²) in [5.74, 6) is -0.430. The average Bonchev–Trinajstić information content (AvgIpc) is 2.36. The third-order valence-corrected chi connectivity index (χ3v) is 2.87. The van der Waals surface area contributed by atoms with Gasteiger partial charge in [0.25, 0.3) is 0 Å². The lowest BCUT2D eigenvalue weighted by Crippen LogP contribution is -2.50. The van der Waals surface area contributed by atoms with E-state index < -0.39 is 23.7 Å². The number of rotatable bonds is 5. The third-order valence-electron chi connectivity index (χ3n) is 2.87. The first-order valence-electron chi connectivity index (χ1n) is 6.23. The van der Waals surface area contributed by atoms with Gasteiger partial charge >= 0.3 is 12.4 Å². The topological polar surface area (TPSA) is 70.6 Å². The Morgan fingerprint density at radius 1 is 1.38 bits per heavy atom. The number of anilines is 1. The van der Waals surface area contributed by atoms with Crippen molar-refractivity contribution in [1.29, 1.82) is 0 Å². The zero-order valence-electron chi connectivity index (χ0n) is 11.6. The van der Waals surface area contributed by atoms with Crippen LogP contribution < -0.4 is 15.4 Å². The summed E-state index contributed by atoms with van der Waals surface area (Å²) in [5, 5.41) is 14.1. The van der Waals surface area contributed by atoms with Gasteiger partial charge in [0.15, 0.2) is 0 Å². The summed E-state index contributed by atoms with van der Waals surface area (Å²) in [4.78, 5) is 11.7. The van der Waals surface area contributed by atoms with E-state index in [0.29, 0.717) is 6.42 Å². The van der Waals surface area contributed by atoms with E-state index in [-0.39, 0.29) is 12.3 Å². The highest BCUT2D eigenvalue weighted by molar-refractivity contribution is 5.89. The summed E-state index contributed by atoms with van der Waals surface area (Å²) in [7, 11) is 0. The number of ether oxygens (including phenoxy) is 1. The third kappa shape index (κ3) is 5.90. The molecule has 1 aromatic rings. The van der Waals surface area contributed by atoms with Crippen LogP contribution in [-0.2, 0) is 0 Å². The molecule has 1 atom stereocenters. The second-order valence-corrected chi connectivity index (χ2v) is 4.73. The standard InChI is InChI=1S/C13H17F3N2O3/c1-3-12(2,8-19)18-11(20)17-9-5-4-6-10(7-9)21-13(14,15)16/h4-7,19H,3,8H2,1-2H3,(H2,17,18,20). The van der Waals surface area contributed by atoms with Gasteiger partial charge in [-0.25, -0.2) is 4.79 Å². The molecule has 1 aromatic carbocycles. The summed E-state index contributed by atoms with van der Waals surface area (Å²) >= 11 is 0. The quantitative estimate of drug-likeness (QED) is 0.783. The van der Waals surface area contributed by atoms with Crippen LogP contribution in [0.3, 0.4) is 0 Å². The van der Waals surface area contributed by atoms with Gasteiger partial charge in [-0.2, -0.15) is 0 Å². The van der Waals surface area contributed by atoms with Crippen LogP contribution >= 0.6 is 0 Å². The summed E-state index contributed by atoms with van der Waals surface area (Å²) in [5.41, 5.74) is -0.657.